The topological polar surface area (TPSA) is 78.5 Å². The molecule has 28 heavy (non-hydrogen) atoms. The van der Waals surface area contributed by atoms with Gasteiger partial charge in [0.2, 0.25) is 10.0 Å². The largest absolute Gasteiger partial charge is 0.334 e. The fraction of sp³-hybridized carbons (Fsp3) is 0.316. The fourth-order valence-electron chi connectivity index (χ4n) is 2.97. The van der Waals surface area contributed by atoms with Crippen LogP contribution < -0.4 is 10.6 Å². The molecule has 2 aromatic carbocycles. The molecular weight excluding hydrogens is 388 g/mol. The van der Waals surface area contributed by atoms with Gasteiger partial charge in [-0.2, -0.15) is 4.31 Å². The second-order valence-corrected chi connectivity index (χ2v) is 8.48. The molecule has 6 nitrogen and oxygen atoms in total. The number of hydrogen-bond donors (Lipinski definition) is 2. The van der Waals surface area contributed by atoms with Crippen LogP contribution in [0.5, 0.6) is 0 Å². The molecule has 0 saturated carbocycles. The van der Waals surface area contributed by atoms with E-state index in [1.807, 2.05) is 0 Å². The summed E-state index contributed by atoms with van der Waals surface area (Å²) >= 11 is 0. The van der Waals surface area contributed by atoms with E-state index >= 15 is 0 Å². The third kappa shape index (κ3) is 4.85. The highest BCUT2D eigenvalue weighted by Crippen LogP contribution is 2.22. The highest BCUT2D eigenvalue weighted by molar-refractivity contribution is 7.89. The molecule has 0 atom stereocenters. The number of piperidine rings is 1. The Morgan fingerprint density at radius 1 is 0.964 bits per heavy atom. The van der Waals surface area contributed by atoms with Crippen LogP contribution in [0.15, 0.2) is 47.4 Å². The highest BCUT2D eigenvalue weighted by Gasteiger charge is 2.25. The first-order valence-electron chi connectivity index (χ1n) is 8.95. The van der Waals surface area contributed by atoms with E-state index in [1.165, 1.54) is 34.6 Å². The van der Waals surface area contributed by atoms with Crippen molar-refractivity contribution in [2.45, 2.75) is 30.7 Å². The van der Waals surface area contributed by atoms with E-state index in [1.54, 1.807) is 0 Å². The smallest absolute Gasteiger partial charge is 0.319 e. The Morgan fingerprint density at radius 2 is 1.64 bits per heavy atom. The average molecular weight is 409 g/mol. The predicted octanol–water partition coefficient (Wildman–Crippen LogP) is 3.46. The summed E-state index contributed by atoms with van der Waals surface area (Å²) in [5.41, 5.74) is 0.831. The minimum Gasteiger partial charge on any atom is -0.334 e. The monoisotopic (exact) mass is 409 g/mol. The molecule has 0 unspecified atom stereocenters. The van der Waals surface area contributed by atoms with Crippen molar-refractivity contribution in [1.82, 2.24) is 9.62 Å². The van der Waals surface area contributed by atoms with E-state index in [4.69, 9.17) is 0 Å². The van der Waals surface area contributed by atoms with Gasteiger partial charge in [0.05, 0.1) is 4.90 Å². The summed E-state index contributed by atoms with van der Waals surface area (Å²) in [6.07, 6.45) is 2.75. The number of amides is 2. The molecule has 0 aliphatic carbocycles. The number of carbonyl (C=O) groups excluding carboxylic acids is 1. The molecule has 2 N–H and O–H groups in total. The number of nitrogens with one attached hydrogen (secondary N) is 2. The Labute approximate surface area is 162 Å². The summed E-state index contributed by atoms with van der Waals surface area (Å²) < 4.78 is 52.7. The molecule has 0 aromatic heterocycles. The van der Waals surface area contributed by atoms with E-state index in [2.05, 4.69) is 10.6 Å². The Morgan fingerprint density at radius 3 is 2.29 bits per heavy atom. The maximum absolute atomic E-state index is 13.2. The van der Waals surface area contributed by atoms with Crippen molar-refractivity contribution in [2.24, 2.45) is 0 Å². The lowest BCUT2D eigenvalue weighted by Gasteiger charge is -2.25. The number of hydrogen-bond acceptors (Lipinski definition) is 3. The number of nitrogens with zero attached hydrogens (tertiary/aromatic N) is 1. The van der Waals surface area contributed by atoms with Gasteiger partial charge in [-0.05, 0) is 54.8 Å². The van der Waals surface area contributed by atoms with Gasteiger partial charge in [-0.25, -0.2) is 22.0 Å². The van der Waals surface area contributed by atoms with Crippen LogP contribution in [0.2, 0.25) is 0 Å². The molecule has 150 valence electrons. The molecule has 9 heteroatoms. The van der Waals surface area contributed by atoms with E-state index in [0.717, 1.165) is 31.4 Å². The zero-order valence-corrected chi connectivity index (χ0v) is 15.9. The van der Waals surface area contributed by atoms with Gasteiger partial charge in [-0.1, -0.05) is 12.5 Å². The van der Waals surface area contributed by atoms with E-state index in [-0.39, 0.29) is 11.4 Å². The lowest BCUT2D eigenvalue weighted by molar-refractivity contribution is 0.251. The summed E-state index contributed by atoms with van der Waals surface area (Å²) in [6.45, 7) is 1.06. The number of benzene rings is 2. The van der Waals surface area contributed by atoms with Gasteiger partial charge in [0.15, 0.2) is 11.6 Å². The Hall–Kier alpha value is -2.52. The third-order valence-electron chi connectivity index (χ3n) is 4.50. The van der Waals surface area contributed by atoms with Crippen molar-refractivity contribution in [3.63, 3.8) is 0 Å². The number of rotatable bonds is 5. The van der Waals surface area contributed by atoms with Gasteiger partial charge >= 0.3 is 6.03 Å². The van der Waals surface area contributed by atoms with E-state index in [9.17, 15) is 22.0 Å². The minimum atomic E-state index is -3.52. The van der Waals surface area contributed by atoms with Gasteiger partial charge in [0.25, 0.3) is 0 Å². The third-order valence-corrected chi connectivity index (χ3v) is 6.41. The van der Waals surface area contributed by atoms with Gasteiger partial charge in [0, 0.05) is 25.3 Å². The molecule has 0 radical (unpaired) electrons. The summed E-state index contributed by atoms with van der Waals surface area (Å²) in [6, 6.07) is 8.75. The zero-order chi connectivity index (χ0) is 20.1. The van der Waals surface area contributed by atoms with Crippen molar-refractivity contribution in [2.75, 3.05) is 18.4 Å². The number of anilines is 1. The van der Waals surface area contributed by atoms with Crippen LogP contribution in [0.4, 0.5) is 19.3 Å². The van der Waals surface area contributed by atoms with Crippen LogP contribution in [0.1, 0.15) is 24.8 Å². The summed E-state index contributed by atoms with van der Waals surface area (Å²) in [5, 5.41) is 5.10. The molecule has 2 amide bonds. The second-order valence-electron chi connectivity index (χ2n) is 6.55. The maximum Gasteiger partial charge on any atom is 0.319 e. The maximum atomic E-state index is 13.2. The Kier molecular flexibility index (Phi) is 6.25. The molecule has 1 aliphatic heterocycles. The van der Waals surface area contributed by atoms with Crippen LogP contribution in [0.25, 0.3) is 0 Å². The molecule has 1 heterocycles. The molecule has 1 saturated heterocycles. The van der Waals surface area contributed by atoms with Crippen molar-refractivity contribution >= 4 is 21.7 Å². The lowest BCUT2D eigenvalue weighted by Crippen LogP contribution is -2.35. The van der Waals surface area contributed by atoms with Crippen molar-refractivity contribution in [1.29, 1.82) is 0 Å². The minimum absolute atomic E-state index is 0.0183. The number of halogens is 2. The van der Waals surface area contributed by atoms with Crippen LogP contribution >= 0.6 is 0 Å². The quantitative estimate of drug-likeness (QED) is 0.794. The number of urea groups is 1. The molecule has 0 bridgehead atoms. The summed E-state index contributed by atoms with van der Waals surface area (Å²) in [5.74, 6) is -1.93. The average Bonchev–Trinajstić information content (AvgIpc) is 2.70. The summed E-state index contributed by atoms with van der Waals surface area (Å²) in [7, 11) is -3.52. The first-order valence-corrected chi connectivity index (χ1v) is 10.4. The van der Waals surface area contributed by atoms with Gasteiger partial charge in [-0.15, -0.1) is 0 Å². The standard InChI is InChI=1S/C19H21F2N3O3S/c20-17-9-4-14(12-18(17)21)13-22-19(25)23-15-5-7-16(8-6-15)28(26,27)24-10-2-1-3-11-24/h4-9,12H,1-3,10-11,13H2,(H2,22,23,25). The van der Waals surface area contributed by atoms with Gasteiger partial charge in [-0.3, -0.25) is 0 Å². The van der Waals surface area contributed by atoms with Gasteiger partial charge in [0.1, 0.15) is 0 Å². The first-order chi connectivity index (χ1) is 13.4. The molecule has 3 rings (SSSR count). The van der Waals surface area contributed by atoms with E-state index < -0.39 is 27.7 Å². The number of sulfonamides is 1. The molecule has 1 fully saturated rings. The van der Waals surface area contributed by atoms with Crippen LogP contribution in [-0.2, 0) is 16.6 Å². The van der Waals surface area contributed by atoms with Crippen LogP contribution in [-0.4, -0.2) is 31.8 Å². The normalized spacial score (nSPS) is 15.2. The molecule has 1 aliphatic rings. The first kappa shape index (κ1) is 20.2. The van der Waals surface area contributed by atoms with Crippen molar-refractivity contribution in [3.8, 4) is 0 Å². The fourth-order valence-corrected chi connectivity index (χ4v) is 4.49. The summed E-state index contributed by atoms with van der Waals surface area (Å²) in [4.78, 5) is 12.1. The Balaban J connectivity index is 1.57. The zero-order valence-electron chi connectivity index (χ0n) is 15.1. The molecule has 2 aromatic rings. The van der Waals surface area contributed by atoms with Crippen LogP contribution in [0, 0.1) is 11.6 Å². The van der Waals surface area contributed by atoms with Crippen molar-refractivity contribution < 1.29 is 22.0 Å². The lowest BCUT2D eigenvalue weighted by atomic mass is 10.2. The van der Waals surface area contributed by atoms with Gasteiger partial charge < -0.3 is 10.6 Å². The SMILES string of the molecule is O=C(NCc1ccc(F)c(F)c1)Nc1ccc(S(=O)(=O)N2CCCCC2)cc1. The van der Waals surface area contributed by atoms with Crippen LogP contribution in [0.3, 0.4) is 0 Å². The molecular formula is C19H21F2N3O3S. The number of carbonyl (C=O) groups is 1. The predicted molar refractivity (Wildman–Crippen MR) is 101 cm³/mol. The second kappa shape index (κ2) is 8.66. The van der Waals surface area contributed by atoms with Crippen molar-refractivity contribution in [3.05, 3.63) is 59.7 Å². The highest BCUT2D eigenvalue weighted by atomic mass is 32.2. The van der Waals surface area contributed by atoms with E-state index in [0.29, 0.717) is 24.3 Å². The molecule has 0 spiro atoms. The Bertz CT molecular complexity index is 943.